The van der Waals surface area contributed by atoms with Gasteiger partial charge < -0.3 is 4.74 Å². The van der Waals surface area contributed by atoms with Gasteiger partial charge in [-0.1, -0.05) is 30.3 Å². The van der Waals surface area contributed by atoms with Gasteiger partial charge >= 0.3 is 0 Å². The Morgan fingerprint density at radius 2 is 1.78 bits per heavy atom. The fourth-order valence-corrected chi connectivity index (χ4v) is 2.17. The van der Waals surface area contributed by atoms with Gasteiger partial charge in [-0.3, -0.25) is 4.79 Å². The van der Waals surface area contributed by atoms with Gasteiger partial charge in [-0.05, 0) is 36.4 Å². The molecule has 0 aliphatic rings. The molecular weight excluding hydrogens is 290 g/mol. The van der Waals surface area contributed by atoms with Gasteiger partial charge in [0.25, 0.3) is 0 Å². The van der Waals surface area contributed by atoms with Gasteiger partial charge in [0.05, 0.1) is 7.11 Å². The van der Waals surface area contributed by atoms with E-state index in [1.54, 1.807) is 37.5 Å². The highest BCUT2D eigenvalue weighted by molar-refractivity contribution is 6.07. The van der Waals surface area contributed by atoms with Gasteiger partial charge in [-0.25, -0.2) is 0 Å². The number of aromatic amines is 1. The van der Waals surface area contributed by atoms with Crippen LogP contribution >= 0.6 is 0 Å². The lowest BCUT2D eigenvalue weighted by molar-refractivity contribution is 0.104. The van der Waals surface area contributed by atoms with E-state index < -0.39 is 0 Å². The molecule has 0 fully saturated rings. The lowest BCUT2D eigenvalue weighted by atomic mass is 10.1. The summed E-state index contributed by atoms with van der Waals surface area (Å²) >= 11 is 0. The molecule has 0 aliphatic heterocycles. The first kappa shape index (κ1) is 14.7. The van der Waals surface area contributed by atoms with E-state index in [4.69, 9.17) is 4.74 Å². The van der Waals surface area contributed by atoms with E-state index in [1.807, 2.05) is 30.3 Å². The Labute approximate surface area is 133 Å². The summed E-state index contributed by atoms with van der Waals surface area (Å²) in [4.78, 5) is 12.2. The van der Waals surface area contributed by atoms with Crippen LogP contribution in [0.1, 0.15) is 16.1 Å². The number of hydrogen-bond donors (Lipinski definition) is 1. The van der Waals surface area contributed by atoms with E-state index >= 15 is 0 Å². The SMILES string of the molecule is COc1ccc(C(=O)/C=C/c2n[nH]nc2-c2ccccc2)cc1. The number of allylic oxidation sites excluding steroid dienone is 1. The number of benzene rings is 2. The number of nitrogens with one attached hydrogen (secondary N) is 1. The summed E-state index contributed by atoms with van der Waals surface area (Å²) in [6, 6.07) is 16.7. The molecule has 1 heterocycles. The van der Waals surface area contributed by atoms with Gasteiger partial charge in [0.1, 0.15) is 17.1 Å². The van der Waals surface area contributed by atoms with Crippen molar-refractivity contribution >= 4 is 11.9 Å². The third-order valence-corrected chi connectivity index (χ3v) is 3.39. The van der Waals surface area contributed by atoms with E-state index in [0.29, 0.717) is 22.7 Å². The molecule has 5 nitrogen and oxygen atoms in total. The fourth-order valence-electron chi connectivity index (χ4n) is 2.17. The molecular formula is C18H15N3O2. The third-order valence-electron chi connectivity index (χ3n) is 3.39. The molecule has 3 rings (SSSR count). The van der Waals surface area contributed by atoms with Crippen LogP contribution in [0.2, 0.25) is 0 Å². The maximum absolute atomic E-state index is 12.2. The number of carbonyl (C=O) groups is 1. The first-order chi connectivity index (χ1) is 11.3. The molecule has 0 amide bonds. The number of hydrogen-bond acceptors (Lipinski definition) is 4. The highest BCUT2D eigenvalue weighted by Gasteiger charge is 2.08. The first-order valence-electron chi connectivity index (χ1n) is 7.10. The minimum atomic E-state index is -0.102. The van der Waals surface area contributed by atoms with Crippen molar-refractivity contribution in [1.29, 1.82) is 0 Å². The van der Waals surface area contributed by atoms with Crippen LogP contribution in [0.15, 0.2) is 60.7 Å². The molecule has 23 heavy (non-hydrogen) atoms. The molecule has 3 aromatic rings. The van der Waals surface area contributed by atoms with Gasteiger partial charge in [0.15, 0.2) is 5.78 Å². The molecule has 0 radical (unpaired) electrons. The lowest BCUT2D eigenvalue weighted by Crippen LogP contribution is -1.94. The third kappa shape index (κ3) is 3.35. The van der Waals surface area contributed by atoms with Gasteiger partial charge in [-0.15, -0.1) is 0 Å². The Balaban J connectivity index is 1.80. The Bertz CT molecular complexity index is 821. The van der Waals surface area contributed by atoms with Crippen molar-refractivity contribution in [3.63, 3.8) is 0 Å². The maximum Gasteiger partial charge on any atom is 0.185 e. The average Bonchev–Trinajstić information content (AvgIpc) is 3.09. The van der Waals surface area contributed by atoms with E-state index in [1.165, 1.54) is 6.08 Å². The smallest absolute Gasteiger partial charge is 0.185 e. The molecule has 2 aromatic carbocycles. The number of carbonyl (C=O) groups excluding carboxylic acids is 1. The van der Waals surface area contributed by atoms with E-state index in [9.17, 15) is 4.79 Å². The molecule has 5 heteroatoms. The molecule has 0 unspecified atom stereocenters. The molecule has 0 spiro atoms. The number of nitrogens with zero attached hydrogens (tertiary/aromatic N) is 2. The zero-order valence-electron chi connectivity index (χ0n) is 12.6. The van der Waals surface area contributed by atoms with Crippen molar-refractivity contribution < 1.29 is 9.53 Å². The summed E-state index contributed by atoms with van der Waals surface area (Å²) in [5.41, 5.74) is 2.87. The molecule has 0 aliphatic carbocycles. The number of rotatable bonds is 5. The molecule has 0 saturated heterocycles. The number of ketones is 1. The summed E-state index contributed by atoms with van der Waals surface area (Å²) in [5, 5.41) is 10.8. The fraction of sp³-hybridized carbons (Fsp3) is 0.0556. The molecule has 114 valence electrons. The first-order valence-corrected chi connectivity index (χ1v) is 7.10. The molecule has 1 aromatic heterocycles. The number of ether oxygens (including phenoxy) is 1. The quantitative estimate of drug-likeness (QED) is 0.579. The number of aromatic nitrogens is 3. The standard InChI is InChI=1S/C18H15N3O2/c1-23-15-9-7-13(8-10-15)17(22)12-11-16-18(20-21-19-16)14-5-3-2-4-6-14/h2-12H,1H3,(H,19,20,21)/b12-11+. The van der Waals surface area contributed by atoms with Crippen molar-refractivity contribution in [3.8, 4) is 17.0 Å². The van der Waals surface area contributed by atoms with Crippen LogP contribution in [0, 0.1) is 0 Å². The molecule has 0 saturated carbocycles. The highest BCUT2D eigenvalue weighted by Crippen LogP contribution is 2.20. The van der Waals surface area contributed by atoms with Crippen molar-refractivity contribution in [2.45, 2.75) is 0 Å². The van der Waals surface area contributed by atoms with Crippen molar-refractivity contribution in [2.24, 2.45) is 0 Å². The second kappa shape index (κ2) is 6.70. The zero-order valence-corrected chi connectivity index (χ0v) is 12.6. The molecule has 1 N–H and O–H groups in total. The monoisotopic (exact) mass is 305 g/mol. The van der Waals surface area contributed by atoms with Crippen LogP contribution in [-0.4, -0.2) is 28.3 Å². The predicted molar refractivity (Wildman–Crippen MR) is 88.2 cm³/mol. The summed E-state index contributed by atoms with van der Waals surface area (Å²) in [7, 11) is 1.59. The van der Waals surface area contributed by atoms with E-state index in [2.05, 4.69) is 15.4 Å². The minimum absolute atomic E-state index is 0.102. The second-order valence-electron chi connectivity index (χ2n) is 4.85. The van der Waals surface area contributed by atoms with Crippen molar-refractivity contribution in [1.82, 2.24) is 15.4 Å². The highest BCUT2D eigenvalue weighted by atomic mass is 16.5. The normalized spacial score (nSPS) is 10.8. The topological polar surface area (TPSA) is 67.9 Å². The van der Waals surface area contributed by atoms with Gasteiger partial charge in [0, 0.05) is 11.1 Å². The summed E-state index contributed by atoms with van der Waals surface area (Å²) in [6.07, 6.45) is 3.16. The summed E-state index contributed by atoms with van der Waals surface area (Å²) in [5.74, 6) is 0.614. The van der Waals surface area contributed by atoms with Crippen LogP contribution in [0.3, 0.4) is 0 Å². The van der Waals surface area contributed by atoms with Crippen molar-refractivity contribution in [2.75, 3.05) is 7.11 Å². The predicted octanol–water partition coefficient (Wildman–Crippen LogP) is 3.38. The lowest BCUT2D eigenvalue weighted by Gasteiger charge is -2.00. The van der Waals surface area contributed by atoms with Gasteiger partial charge in [-0.2, -0.15) is 15.4 Å². The minimum Gasteiger partial charge on any atom is -0.497 e. The number of methoxy groups -OCH3 is 1. The Kier molecular flexibility index (Phi) is 4.29. The summed E-state index contributed by atoms with van der Waals surface area (Å²) in [6.45, 7) is 0. The zero-order chi connectivity index (χ0) is 16.1. The summed E-state index contributed by atoms with van der Waals surface area (Å²) < 4.78 is 5.08. The van der Waals surface area contributed by atoms with Crippen LogP contribution in [-0.2, 0) is 0 Å². The maximum atomic E-state index is 12.2. The molecule has 0 atom stereocenters. The Morgan fingerprint density at radius 1 is 1.04 bits per heavy atom. The Hall–Kier alpha value is -3.21. The van der Waals surface area contributed by atoms with E-state index in [0.717, 1.165) is 5.56 Å². The van der Waals surface area contributed by atoms with Crippen LogP contribution in [0.25, 0.3) is 17.3 Å². The van der Waals surface area contributed by atoms with Crippen LogP contribution in [0.5, 0.6) is 5.75 Å². The Morgan fingerprint density at radius 3 is 2.48 bits per heavy atom. The van der Waals surface area contributed by atoms with Crippen LogP contribution < -0.4 is 4.74 Å². The van der Waals surface area contributed by atoms with E-state index in [-0.39, 0.29) is 5.78 Å². The second-order valence-corrected chi connectivity index (χ2v) is 4.85. The number of H-pyrrole nitrogens is 1. The molecule has 0 bridgehead atoms. The largest absolute Gasteiger partial charge is 0.497 e. The average molecular weight is 305 g/mol. The van der Waals surface area contributed by atoms with Crippen molar-refractivity contribution in [3.05, 3.63) is 71.9 Å². The van der Waals surface area contributed by atoms with Gasteiger partial charge in [0.2, 0.25) is 0 Å². The van der Waals surface area contributed by atoms with Crippen LogP contribution in [0.4, 0.5) is 0 Å².